The second-order valence-electron chi connectivity index (χ2n) is 7.34. The fraction of sp³-hybridized carbons (Fsp3) is 0.765. The fourth-order valence-electron chi connectivity index (χ4n) is 3.56. The number of aromatic nitrogens is 5. The quantitative estimate of drug-likeness (QED) is 0.749. The van der Waals surface area contributed by atoms with Gasteiger partial charge in [0.2, 0.25) is 11.8 Å². The van der Waals surface area contributed by atoms with Gasteiger partial charge in [0.1, 0.15) is 11.6 Å². The normalized spacial score (nSPS) is 21.5. The summed E-state index contributed by atoms with van der Waals surface area (Å²) in [4.78, 5) is 4.78. The summed E-state index contributed by atoms with van der Waals surface area (Å²) in [7, 11) is 4.28. The van der Waals surface area contributed by atoms with Gasteiger partial charge in [-0.1, -0.05) is 6.92 Å². The van der Waals surface area contributed by atoms with Gasteiger partial charge in [0, 0.05) is 38.5 Å². The van der Waals surface area contributed by atoms with Crippen molar-refractivity contribution >= 4 is 0 Å². The second-order valence-corrected chi connectivity index (χ2v) is 7.34. The van der Waals surface area contributed by atoms with Crippen LogP contribution in [0.5, 0.6) is 0 Å². The van der Waals surface area contributed by atoms with Crippen LogP contribution in [0.15, 0.2) is 4.42 Å². The largest absolute Gasteiger partial charge is 0.424 e. The molecule has 0 radical (unpaired) electrons. The molecule has 8 heteroatoms. The minimum absolute atomic E-state index is 0.523. The van der Waals surface area contributed by atoms with Crippen LogP contribution in [0.2, 0.25) is 0 Å². The second kappa shape index (κ2) is 6.84. The molecule has 136 valence electrons. The monoisotopic (exact) mass is 345 g/mol. The molecule has 8 nitrogen and oxygen atoms in total. The van der Waals surface area contributed by atoms with Gasteiger partial charge in [0.05, 0.1) is 13.1 Å². The van der Waals surface area contributed by atoms with E-state index in [4.69, 9.17) is 4.42 Å². The first-order chi connectivity index (χ1) is 12.1. The van der Waals surface area contributed by atoms with Crippen LogP contribution in [-0.2, 0) is 26.6 Å². The zero-order chi connectivity index (χ0) is 17.4. The minimum atomic E-state index is 0.523. The Labute approximate surface area is 148 Å². The predicted molar refractivity (Wildman–Crippen MR) is 91.8 cm³/mol. The number of likely N-dealkylation sites (tertiary alicyclic amines) is 1. The maximum absolute atomic E-state index is 5.63. The van der Waals surface area contributed by atoms with Crippen LogP contribution in [0.1, 0.15) is 55.5 Å². The molecule has 0 unspecified atom stereocenters. The summed E-state index contributed by atoms with van der Waals surface area (Å²) in [5.74, 6) is 4.30. The first-order valence-corrected chi connectivity index (χ1v) is 9.26. The van der Waals surface area contributed by atoms with Crippen LogP contribution in [-0.4, -0.2) is 60.9 Å². The Bertz CT molecular complexity index is 720. The average molecular weight is 345 g/mol. The van der Waals surface area contributed by atoms with Crippen molar-refractivity contribution in [3.05, 3.63) is 23.4 Å². The van der Waals surface area contributed by atoms with E-state index in [0.29, 0.717) is 12.0 Å². The van der Waals surface area contributed by atoms with Gasteiger partial charge in [-0.3, -0.25) is 9.80 Å². The molecule has 1 saturated heterocycles. The van der Waals surface area contributed by atoms with Gasteiger partial charge in [-0.15, -0.1) is 20.4 Å². The summed E-state index contributed by atoms with van der Waals surface area (Å²) < 4.78 is 7.82. The van der Waals surface area contributed by atoms with Crippen molar-refractivity contribution in [3.63, 3.8) is 0 Å². The van der Waals surface area contributed by atoms with Gasteiger partial charge in [0.25, 0.3) is 0 Å². The first kappa shape index (κ1) is 16.7. The summed E-state index contributed by atoms with van der Waals surface area (Å²) in [5, 5.41) is 17.0. The zero-order valence-electron chi connectivity index (χ0n) is 15.4. The van der Waals surface area contributed by atoms with Crippen molar-refractivity contribution in [1.29, 1.82) is 0 Å². The lowest BCUT2D eigenvalue weighted by Crippen LogP contribution is -2.34. The van der Waals surface area contributed by atoms with Crippen molar-refractivity contribution in [3.8, 4) is 0 Å². The highest BCUT2D eigenvalue weighted by Gasteiger charge is 2.31. The lowest BCUT2D eigenvalue weighted by molar-refractivity contribution is 0.210. The van der Waals surface area contributed by atoms with Crippen LogP contribution < -0.4 is 0 Å². The Kier molecular flexibility index (Phi) is 4.56. The van der Waals surface area contributed by atoms with E-state index in [0.717, 1.165) is 62.5 Å². The molecular formula is C17H27N7O. The Hall–Kier alpha value is -1.80. The lowest BCUT2D eigenvalue weighted by Gasteiger charge is -2.24. The number of hydrogen-bond donors (Lipinski definition) is 0. The molecule has 0 amide bonds. The van der Waals surface area contributed by atoms with E-state index in [2.05, 4.69) is 48.9 Å². The van der Waals surface area contributed by atoms with Crippen LogP contribution in [0.4, 0.5) is 0 Å². The molecule has 0 bridgehead atoms. The van der Waals surface area contributed by atoms with Crippen LogP contribution in [0.25, 0.3) is 0 Å². The van der Waals surface area contributed by atoms with Gasteiger partial charge in [-0.2, -0.15) is 0 Å². The summed E-state index contributed by atoms with van der Waals surface area (Å²) in [6, 6.07) is 0.523. The topological polar surface area (TPSA) is 76.1 Å². The molecule has 1 saturated carbocycles. The molecule has 2 aromatic heterocycles. The minimum Gasteiger partial charge on any atom is -0.424 e. The number of hydrogen-bond acceptors (Lipinski definition) is 7. The average Bonchev–Trinajstić information content (AvgIpc) is 3.02. The van der Waals surface area contributed by atoms with Crippen molar-refractivity contribution < 1.29 is 4.42 Å². The lowest BCUT2D eigenvalue weighted by atomic mass is 10.2. The first-order valence-electron chi connectivity index (χ1n) is 9.26. The number of rotatable bonds is 7. The number of aryl methyl sites for hydroxylation is 1. The maximum Gasteiger partial charge on any atom is 0.230 e. The molecule has 25 heavy (non-hydrogen) atoms. The SMILES string of the molecule is CCc1nnc(CN2CC[C@H](N(C)Cc3nnc(C4CC4)n3C)C2)o1. The third kappa shape index (κ3) is 3.59. The van der Waals surface area contributed by atoms with Gasteiger partial charge >= 0.3 is 0 Å². The summed E-state index contributed by atoms with van der Waals surface area (Å²) in [6.07, 6.45) is 4.46. The van der Waals surface area contributed by atoms with Gasteiger partial charge in [-0.05, 0) is 26.3 Å². The van der Waals surface area contributed by atoms with Crippen LogP contribution >= 0.6 is 0 Å². The molecule has 2 aliphatic rings. The summed E-state index contributed by atoms with van der Waals surface area (Å²) in [5.41, 5.74) is 0. The van der Waals surface area contributed by atoms with Crippen LogP contribution in [0.3, 0.4) is 0 Å². The van der Waals surface area contributed by atoms with Crippen molar-refractivity contribution in [2.24, 2.45) is 7.05 Å². The van der Waals surface area contributed by atoms with Gasteiger partial charge < -0.3 is 8.98 Å². The molecule has 0 N–H and O–H groups in total. The maximum atomic E-state index is 5.63. The van der Waals surface area contributed by atoms with Crippen molar-refractivity contribution in [2.45, 2.75) is 57.7 Å². The van der Waals surface area contributed by atoms with E-state index < -0.39 is 0 Å². The third-order valence-electron chi connectivity index (χ3n) is 5.37. The molecule has 2 aromatic rings. The highest BCUT2D eigenvalue weighted by atomic mass is 16.4. The van der Waals surface area contributed by atoms with E-state index in [1.54, 1.807) is 0 Å². The molecule has 0 aromatic carbocycles. The number of likely N-dealkylation sites (N-methyl/N-ethyl adjacent to an activating group) is 1. The van der Waals surface area contributed by atoms with E-state index in [1.807, 2.05) is 6.92 Å². The molecule has 4 rings (SSSR count). The molecular weight excluding hydrogens is 318 g/mol. The van der Waals surface area contributed by atoms with Crippen molar-refractivity contribution in [1.82, 2.24) is 34.8 Å². The van der Waals surface area contributed by atoms with Gasteiger partial charge in [-0.25, -0.2) is 0 Å². The van der Waals surface area contributed by atoms with Crippen molar-refractivity contribution in [2.75, 3.05) is 20.1 Å². The Morgan fingerprint density at radius 1 is 1.12 bits per heavy atom. The molecule has 1 aliphatic heterocycles. The van der Waals surface area contributed by atoms with E-state index in [9.17, 15) is 0 Å². The van der Waals surface area contributed by atoms with E-state index in [-0.39, 0.29) is 0 Å². The predicted octanol–water partition coefficient (Wildman–Crippen LogP) is 1.34. The molecule has 3 heterocycles. The summed E-state index contributed by atoms with van der Waals surface area (Å²) in [6.45, 7) is 5.69. The summed E-state index contributed by atoms with van der Waals surface area (Å²) >= 11 is 0. The Balaban J connectivity index is 1.31. The zero-order valence-corrected chi connectivity index (χ0v) is 15.4. The molecule has 0 spiro atoms. The molecule has 1 atom stereocenters. The molecule has 1 aliphatic carbocycles. The third-order valence-corrected chi connectivity index (χ3v) is 5.37. The van der Waals surface area contributed by atoms with Gasteiger partial charge in [0.15, 0.2) is 0 Å². The highest BCUT2D eigenvalue weighted by Crippen LogP contribution is 2.38. The Morgan fingerprint density at radius 3 is 2.64 bits per heavy atom. The number of nitrogens with zero attached hydrogens (tertiary/aromatic N) is 7. The van der Waals surface area contributed by atoms with E-state index in [1.165, 1.54) is 12.8 Å². The Morgan fingerprint density at radius 2 is 1.92 bits per heavy atom. The molecule has 2 fully saturated rings. The smallest absolute Gasteiger partial charge is 0.230 e. The highest BCUT2D eigenvalue weighted by molar-refractivity contribution is 5.07. The van der Waals surface area contributed by atoms with E-state index >= 15 is 0 Å². The standard InChI is InChI=1S/C17H27N7O/c1-4-15-19-20-16(25-15)11-24-8-7-13(9-24)22(2)10-14-18-21-17(23(14)3)12-5-6-12/h12-13H,4-11H2,1-3H3/t13-/m0/s1. The fourth-order valence-corrected chi connectivity index (χ4v) is 3.56. The van der Waals surface area contributed by atoms with Crippen LogP contribution in [0, 0.1) is 0 Å².